The molecule has 0 saturated heterocycles. The van der Waals surface area contributed by atoms with Crippen molar-refractivity contribution >= 4 is 27.1 Å². The lowest BCUT2D eigenvalue weighted by molar-refractivity contribution is 1.36. The van der Waals surface area contributed by atoms with E-state index < -0.39 is 0 Å². The quantitative estimate of drug-likeness (QED) is 0.644. The first kappa shape index (κ1) is 9.36. The standard InChI is InChI=1S/C13H10N2S/c14-10-3-1-2-9(8-10)13-11-5-7-16-12(11)4-6-15-13/h1-8H,14H2. The maximum Gasteiger partial charge on any atom is 0.0789 e. The van der Waals surface area contributed by atoms with Gasteiger partial charge in [0.15, 0.2) is 0 Å². The predicted octanol–water partition coefficient (Wildman–Crippen LogP) is 3.55. The minimum absolute atomic E-state index is 0.770. The lowest BCUT2D eigenvalue weighted by atomic mass is 10.1. The maximum absolute atomic E-state index is 5.79. The zero-order valence-electron chi connectivity index (χ0n) is 8.55. The molecule has 2 nitrogen and oxygen atoms in total. The van der Waals surface area contributed by atoms with Gasteiger partial charge in [0.25, 0.3) is 0 Å². The molecule has 16 heavy (non-hydrogen) atoms. The highest BCUT2D eigenvalue weighted by molar-refractivity contribution is 7.17. The summed E-state index contributed by atoms with van der Waals surface area (Å²) >= 11 is 1.73. The van der Waals surface area contributed by atoms with Crippen LogP contribution in [-0.2, 0) is 0 Å². The largest absolute Gasteiger partial charge is 0.399 e. The lowest BCUT2D eigenvalue weighted by Crippen LogP contribution is -1.87. The summed E-state index contributed by atoms with van der Waals surface area (Å²) in [6.45, 7) is 0. The van der Waals surface area contributed by atoms with Crippen LogP contribution in [0.4, 0.5) is 5.69 Å². The van der Waals surface area contributed by atoms with Crippen LogP contribution in [-0.4, -0.2) is 4.98 Å². The number of nitrogen functional groups attached to an aromatic ring is 1. The summed E-state index contributed by atoms with van der Waals surface area (Å²) in [6, 6.07) is 12.0. The lowest BCUT2D eigenvalue weighted by Gasteiger charge is -2.03. The molecule has 0 bridgehead atoms. The van der Waals surface area contributed by atoms with Gasteiger partial charge in [-0.15, -0.1) is 11.3 Å². The third-order valence-corrected chi connectivity index (χ3v) is 3.42. The summed E-state index contributed by atoms with van der Waals surface area (Å²) < 4.78 is 1.26. The number of anilines is 1. The smallest absolute Gasteiger partial charge is 0.0789 e. The molecule has 0 amide bonds. The van der Waals surface area contributed by atoms with E-state index in [2.05, 4.69) is 16.4 Å². The zero-order valence-corrected chi connectivity index (χ0v) is 9.37. The molecule has 0 unspecified atom stereocenters. The van der Waals surface area contributed by atoms with Crippen molar-refractivity contribution in [3.8, 4) is 11.3 Å². The van der Waals surface area contributed by atoms with Gasteiger partial charge in [0.2, 0.25) is 0 Å². The summed E-state index contributed by atoms with van der Waals surface area (Å²) in [5, 5.41) is 3.28. The van der Waals surface area contributed by atoms with Crippen LogP contribution in [0.15, 0.2) is 48.0 Å². The molecule has 0 aliphatic carbocycles. The minimum Gasteiger partial charge on any atom is -0.399 e. The highest BCUT2D eigenvalue weighted by Crippen LogP contribution is 2.30. The normalized spacial score (nSPS) is 10.8. The SMILES string of the molecule is Nc1cccc(-c2nccc3sccc23)c1. The first-order valence-corrected chi connectivity index (χ1v) is 5.91. The van der Waals surface area contributed by atoms with Crippen molar-refractivity contribution in [2.45, 2.75) is 0 Å². The van der Waals surface area contributed by atoms with E-state index in [9.17, 15) is 0 Å². The van der Waals surface area contributed by atoms with Crippen LogP contribution in [0.1, 0.15) is 0 Å². The number of hydrogen-bond donors (Lipinski definition) is 1. The Morgan fingerprint density at radius 3 is 2.94 bits per heavy atom. The van der Waals surface area contributed by atoms with Crippen LogP contribution in [0, 0.1) is 0 Å². The molecule has 1 aromatic carbocycles. The molecule has 2 N–H and O–H groups in total. The summed E-state index contributed by atoms with van der Waals surface area (Å²) in [5.74, 6) is 0. The van der Waals surface area contributed by atoms with Gasteiger partial charge in [0, 0.05) is 27.5 Å². The fraction of sp³-hybridized carbons (Fsp3) is 0. The van der Waals surface area contributed by atoms with Crippen molar-refractivity contribution in [1.29, 1.82) is 0 Å². The van der Waals surface area contributed by atoms with Gasteiger partial charge in [0.05, 0.1) is 5.69 Å². The second kappa shape index (κ2) is 3.61. The van der Waals surface area contributed by atoms with Crippen LogP contribution < -0.4 is 5.73 Å². The van der Waals surface area contributed by atoms with E-state index in [1.807, 2.05) is 36.5 Å². The molecule has 78 valence electrons. The van der Waals surface area contributed by atoms with E-state index in [0.717, 1.165) is 16.9 Å². The minimum atomic E-state index is 0.770. The zero-order chi connectivity index (χ0) is 11.0. The average molecular weight is 226 g/mol. The molecule has 0 saturated carbocycles. The van der Waals surface area contributed by atoms with Crippen molar-refractivity contribution in [3.63, 3.8) is 0 Å². The molecular formula is C13H10N2S. The van der Waals surface area contributed by atoms with Crippen LogP contribution in [0.2, 0.25) is 0 Å². The summed E-state index contributed by atoms with van der Waals surface area (Å²) in [6.07, 6.45) is 1.84. The molecule has 3 aromatic rings. The van der Waals surface area contributed by atoms with Gasteiger partial charge >= 0.3 is 0 Å². The fourth-order valence-corrected chi connectivity index (χ4v) is 2.59. The number of pyridine rings is 1. The van der Waals surface area contributed by atoms with Crippen molar-refractivity contribution in [2.75, 3.05) is 5.73 Å². The van der Waals surface area contributed by atoms with Gasteiger partial charge in [-0.25, -0.2) is 0 Å². The van der Waals surface area contributed by atoms with E-state index >= 15 is 0 Å². The molecule has 0 spiro atoms. The molecule has 3 rings (SSSR count). The summed E-state index contributed by atoms with van der Waals surface area (Å²) in [4.78, 5) is 4.44. The molecule has 0 radical (unpaired) electrons. The van der Waals surface area contributed by atoms with Crippen molar-refractivity contribution < 1.29 is 0 Å². The van der Waals surface area contributed by atoms with Gasteiger partial charge in [-0.3, -0.25) is 4.98 Å². The molecular weight excluding hydrogens is 216 g/mol. The van der Waals surface area contributed by atoms with E-state index in [1.165, 1.54) is 10.1 Å². The van der Waals surface area contributed by atoms with E-state index in [4.69, 9.17) is 5.73 Å². The first-order chi connectivity index (χ1) is 7.84. The Morgan fingerprint density at radius 2 is 2.06 bits per heavy atom. The Hall–Kier alpha value is -1.87. The second-order valence-electron chi connectivity index (χ2n) is 3.62. The third kappa shape index (κ3) is 1.46. The van der Waals surface area contributed by atoms with E-state index in [-0.39, 0.29) is 0 Å². The Labute approximate surface area is 97.4 Å². The highest BCUT2D eigenvalue weighted by atomic mass is 32.1. The number of benzene rings is 1. The average Bonchev–Trinajstić information content (AvgIpc) is 2.76. The molecule has 0 aliphatic rings. The van der Waals surface area contributed by atoms with E-state index in [1.54, 1.807) is 11.3 Å². The number of thiophene rings is 1. The second-order valence-corrected chi connectivity index (χ2v) is 4.57. The number of nitrogens with two attached hydrogens (primary N) is 1. The number of rotatable bonds is 1. The predicted molar refractivity (Wildman–Crippen MR) is 69.5 cm³/mol. The molecule has 0 fully saturated rings. The van der Waals surface area contributed by atoms with Crippen molar-refractivity contribution in [1.82, 2.24) is 4.98 Å². The van der Waals surface area contributed by atoms with Crippen LogP contribution >= 0.6 is 11.3 Å². The Balaban J connectivity index is 2.29. The number of fused-ring (bicyclic) bond motifs is 1. The van der Waals surface area contributed by atoms with E-state index in [0.29, 0.717) is 0 Å². The Morgan fingerprint density at radius 1 is 1.12 bits per heavy atom. The van der Waals surface area contributed by atoms with Crippen LogP contribution in [0.3, 0.4) is 0 Å². The number of hydrogen-bond acceptors (Lipinski definition) is 3. The monoisotopic (exact) mass is 226 g/mol. The third-order valence-electron chi connectivity index (χ3n) is 2.54. The number of aromatic nitrogens is 1. The van der Waals surface area contributed by atoms with Gasteiger partial charge < -0.3 is 5.73 Å². The van der Waals surface area contributed by atoms with Gasteiger partial charge in [-0.1, -0.05) is 12.1 Å². The van der Waals surface area contributed by atoms with Crippen LogP contribution in [0.25, 0.3) is 21.3 Å². The summed E-state index contributed by atoms with van der Waals surface area (Å²) in [5.41, 5.74) is 8.64. The van der Waals surface area contributed by atoms with Gasteiger partial charge in [-0.2, -0.15) is 0 Å². The maximum atomic E-state index is 5.79. The molecule has 2 aromatic heterocycles. The van der Waals surface area contributed by atoms with Crippen molar-refractivity contribution in [2.24, 2.45) is 0 Å². The molecule has 3 heteroatoms. The first-order valence-electron chi connectivity index (χ1n) is 5.03. The molecule has 2 heterocycles. The van der Waals surface area contributed by atoms with Crippen LogP contribution in [0.5, 0.6) is 0 Å². The van der Waals surface area contributed by atoms with Crippen molar-refractivity contribution in [3.05, 3.63) is 48.0 Å². The highest BCUT2D eigenvalue weighted by Gasteiger charge is 2.05. The van der Waals surface area contributed by atoms with Gasteiger partial charge in [0.1, 0.15) is 0 Å². The summed E-state index contributed by atoms with van der Waals surface area (Å²) in [7, 11) is 0. The van der Waals surface area contributed by atoms with Gasteiger partial charge in [-0.05, 0) is 29.6 Å². The fourth-order valence-electron chi connectivity index (χ4n) is 1.81. The molecule has 0 atom stereocenters. The number of nitrogens with zero attached hydrogens (tertiary/aromatic N) is 1. The Bertz CT molecular complexity index is 643. The molecule has 0 aliphatic heterocycles. The Kier molecular flexibility index (Phi) is 2.11. The topological polar surface area (TPSA) is 38.9 Å².